The van der Waals surface area contributed by atoms with Crippen molar-refractivity contribution in [3.8, 4) is 0 Å². The van der Waals surface area contributed by atoms with Crippen LogP contribution in [0.4, 0.5) is 0 Å². The van der Waals surface area contributed by atoms with Gasteiger partial charge in [0.2, 0.25) is 5.91 Å². The summed E-state index contributed by atoms with van der Waals surface area (Å²) in [5, 5.41) is 3.30. The molecule has 0 saturated heterocycles. The van der Waals surface area contributed by atoms with Crippen LogP contribution in [0.5, 0.6) is 0 Å². The molecular formula is C50H103N7O3. The molecule has 0 aromatic carbocycles. The lowest BCUT2D eigenvalue weighted by Gasteiger charge is -2.45. The Hall–Kier alpha value is -1.43. The molecule has 0 aromatic rings. The maximum atomic E-state index is 14.5. The predicted molar refractivity (Wildman–Crippen MR) is 258 cm³/mol. The van der Waals surface area contributed by atoms with Gasteiger partial charge in [-0.3, -0.25) is 14.4 Å². The van der Waals surface area contributed by atoms with Gasteiger partial charge in [0.1, 0.15) is 5.54 Å². The molecule has 0 radical (unpaired) electrons. The number of rotatable bonds is 47. The summed E-state index contributed by atoms with van der Waals surface area (Å²) in [7, 11) is 0. The number of amides is 1. The van der Waals surface area contributed by atoms with Crippen molar-refractivity contribution in [2.24, 2.45) is 52.2 Å². The van der Waals surface area contributed by atoms with Crippen molar-refractivity contribution in [3.05, 3.63) is 0 Å². The maximum Gasteiger partial charge on any atom is 0.237 e. The van der Waals surface area contributed by atoms with Gasteiger partial charge in [0.15, 0.2) is 11.6 Å². The maximum absolute atomic E-state index is 14.5. The van der Waals surface area contributed by atoms with Gasteiger partial charge in [-0.2, -0.15) is 0 Å². The number of nitrogens with two attached hydrogens (primary N) is 6. The highest BCUT2D eigenvalue weighted by atomic mass is 16.2. The molecule has 0 aromatic heterocycles. The number of unbranched alkanes of at least 4 members (excludes halogenated alkanes) is 26. The zero-order valence-corrected chi connectivity index (χ0v) is 39.8. The van der Waals surface area contributed by atoms with E-state index in [2.05, 4.69) is 19.2 Å². The van der Waals surface area contributed by atoms with Gasteiger partial charge in [0.25, 0.3) is 0 Å². The quantitative estimate of drug-likeness (QED) is 0.0290. The minimum atomic E-state index is -1.22. The van der Waals surface area contributed by atoms with Gasteiger partial charge in [-0.05, 0) is 63.5 Å². The smallest absolute Gasteiger partial charge is 0.237 e. The molecule has 0 aliphatic rings. The van der Waals surface area contributed by atoms with Crippen LogP contribution in [0.25, 0.3) is 0 Å². The Morgan fingerprint density at radius 2 is 0.883 bits per heavy atom. The molecular weight excluding hydrogens is 747 g/mol. The highest BCUT2D eigenvalue weighted by Gasteiger charge is 2.48. The van der Waals surface area contributed by atoms with E-state index in [9.17, 15) is 14.4 Å². The van der Waals surface area contributed by atoms with E-state index in [4.69, 9.17) is 34.4 Å². The van der Waals surface area contributed by atoms with E-state index < -0.39 is 17.5 Å². The van der Waals surface area contributed by atoms with E-state index in [0.29, 0.717) is 51.6 Å². The predicted octanol–water partition coefficient (Wildman–Crippen LogP) is 9.64. The molecule has 0 aliphatic carbocycles. The van der Waals surface area contributed by atoms with Crippen LogP contribution in [-0.4, -0.2) is 61.8 Å². The van der Waals surface area contributed by atoms with Gasteiger partial charge in [-0.15, -0.1) is 0 Å². The zero-order chi connectivity index (χ0) is 44.5. The fraction of sp³-hybridized carbons (Fsp3) is 0.940. The third-order valence-electron chi connectivity index (χ3n) is 13.4. The summed E-state index contributed by atoms with van der Waals surface area (Å²) >= 11 is 0. The molecule has 1 amide bonds. The van der Waals surface area contributed by atoms with Gasteiger partial charge in [-0.25, -0.2) is 0 Å². The van der Waals surface area contributed by atoms with Gasteiger partial charge in [-0.1, -0.05) is 200 Å². The van der Waals surface area contributed by atoms with Crippen molar-refractivity contribution in [3.63, 3.8) is 0 Å². The van der Waals surface area contributed by atoms with Crippen LogP contribution in [0.3, 0.4) is 0 Å². The summed E-state index contributed by atoms with van der Waals surface area (Å²) < 4.78 is 0. The van der Waals surface area contributed by atoms with E-state index >= 15 is 0 Å². The zero-order valence-electron chi connectivity index (χ0n) is 39.8. The molecule has 5 unspecified atom stereocenters. The number of hydrogen-bond donors (Lipinski definition) is 7. The third kappa shape index (κ3) is 28.3. The van der Waals surface area contributed by atoms with Crippen molar-refractivity contribution < 1.29 is 14.4 Å². The molecule has 356 valence electrons. The number of Topliss-reactive ketones (excluding diaryl/α,β-unsaturated/α-hetero) is 2. The topological polar surface area (TPSA) is 219 Å². The van der Waals surface area contributed by atoms with Crippen LogP contribution in [0.2, 0.25) is 0 Å². The van der Waals surface area contributed by atoms with Crippen LogP contribution in [-0.2, 0) is 14.4 Å². The molecule has 0 aliphatic heterocycles. The molecule has 0 bridgehead atoms. The number of hydrogen-bond acceptors (Lipinski definition) is 9. The first kappa shape index (κ1) is 58.6. The first-order valence-electron chi connectivity index (χ1n) is 25.9. The molecule has 0 heterocycles. The number of ketones is 2. The summed E-state index contributed by atoms with van der Waals surface area (Å²) in [6, 6.07) is -0.787. The first-order chi connectivity index (χ1) is 29.2. The second-order valence-corrected chi connectivity index (χ2v) is 18.5. The molecule has 60 heavy (non-hydrogen) atoms. The van der Waals surface area contributed by atoms with Crippen LogP contribution in [0.15, 0.2) is 0 Å². The number of nitrogens with one attached hydrogen (secondary N) is 1. The largest absolute Gasteiger partial charge is 0.342 e. The van der Waals surface area contributed by atoms with Crippen LogP contribution in [0, 0.1) is 17.8 Å². The second-order valence-electron chi connectivity index (χ2n) is 18.5. The Bertz CT molecular complexity index is 1000. The Morgan fingerprint density at radius 1 is 0.483 bits per heavy atom. The average molecular weight is 850 g/mol. The highest BCUT2D eigenvalue weighted by molar-refractivity contribution is 5.95. The summed E-state index contributed by atoms with van der Waals surface area (Å²) in [5.74, 6) is -1.30. The average Bonchev–Trinajstić information content (AvgIpc) is 3.26. The molecule has 0 fully saturated rings. The molecule has 10 heteroatoms. The standard InChI is InChI=1S/C50H103N7O3/c1-3-5-7-9-11-13-15-17-18-19-20-22-24-26-28-30-36-50(48(59)42-55,57-49(60)46(56)35-32-38-52)45(34-31-37-51)43(39-44(40-53)47(58)41-54)33-29-27-25-23-21-16-14-12-10-8-6-4-2/h43-46H,3-42,51-56H2,1-2H3,(H,57,60). The van der Waals surface area contributed by atoms with E-state index in [-0.39, 0.29) is 48.9 Å². The van der Waals surface area contributed by atoms with Crippen molar-refractivity contribution in [2.45, 2.75) is 250 Å². The van der Waals surface area contributed by atoms with Crippen molar-refractivity contribution in [1.82, 2.24) is 5.32 Å². The lowest BCUT2D eigenvalue weighted by atomic mass is 9.64. The Morgan fingerprint density at radius 3 is 1.27 bits per heavy atom. The van der Waals surface area contributed by atoms with E-state index in [1.165, 1.54) is 141 Å². The molecule has 0 spiro atoms. The molecule has 0 rings (SSSR count). The molecule has 10 nitrogen and oxygen atoms in total. The van der Waals surface area contributed by atoms with Gasteiger partial charge < -0.3 is 39.7 Å². The Balaban J connectivity index is 5.95. The van der Waals surface area contributed by atoms with Gasteiger partial charge in [0.05, 0.1) is 19.1 Å². The lowest BCUT2D eigenvalue weighted by Crippen LogP contribution is -2.65. The second kappa shape index (κ2) is 41.6. The van der Waals surface area contributed by atoms with E-state index in [0.717, 1.165) is 44.9 Å². The van der Waals surface area contributed by atoms with Crippen LogP contribution < -0.4 is 39.7 Å². The lowest BCUT2D eigenvalue weighted by molar-refractivity contribution is -0.136. The third-order valence-corrected chi connectivity index (χ3v) is 13.4. The fourth-order valence-corrected chi connectivity index (χ4v) is 9.52. The van der Waals surface area contributed by atoms with Gasteiger partial charge >= 0.3 is 0 Å². The SMILES string of the molecule is CCCCCCCCCCCCCCCCCCC(NC(=O)C(N)CCCN)(C(=O)CN)C(CCCN)C(CCCCCCCCCCCCCC)CC(CN)C(=O)CN. The monoisotopic (exact) mass is 850 g/mol. The van der Waals surface area contributed by atoms with Crippen molar-refractivity contribution >= 4 is 17.5 Å². The highest BCUT2D eigenvalue weighted by Crippen LogP contribution is 2.41. The Labute approximate surface area is 371 Å². The molecule has 13 N–H and O–H groups in total. The Kier molecular flexibility index (Phi) is 40.6. The van der Waals surface area contributed by atoms with E-state index in [1.54, 1.807) is 0 Å². The van der Waals surface area contributed by atoms with Crippen molar-refractivity contribution in [1.29, 1.82) is 0 Å². The summed E-state index contributed by atoms with van der Waals surface area (Å²) in [6.45, 7) is 5.36. The van der Waals surface area contributed by atoms with E-state index in [1.807, 2.05) is 0 Å². The minimum absolute atomic E-state index is 0.0548. The van der Waals surface area contributed by atoms with Crippen LogP contribution >= 0.6 is 0 Å². The number of carbonyl (C=O) groups is 3. The van der Waals surface area contributed by atoms with Gasteiger partial charge in [0, 0.05) is 12.5 Å². The summed E-state index contributed by atoms with van der Waals surface area (Å²) in [6.07, 6.45) is 39.3. The number of carbonyl (C=O) groups excluding carboxylic acids is 3. The minimum Gasteiger partial charge on any atom is -0.342 e. The molecule has 0 saturated carbocycles. The fourth-order valence-electron chi connectivity index (χ4n) is 9.52. The van der Waals surface area contributed by atoms with Crippen LogP contribution in [0.1, 0.15) is 239 Å². The molecule has 5 atom stereocenters. The summed E-state index contributed by atoms with van der Waals surface area (Å²) in [5.41, 5.74) is 35.6. The first-order valence-corrected chi connectivity index (χ1v) is 25.9. The van der Waals surface area contributed by atoms with Crippen molar-refractivity contribution in [2.75, 3.05) is 32.7 Å². The summed E-state index contributed by atoms with van der Waals surface area (Å²) in [4.78, 5) is 41.6. The normalized spacial score (nSPS) is 14.7.